The molecule has 1 fully saturated rings. The van der Waals surface area contributed by atoms with Crippen molar-refractivity contribution in [1.82, 2.24) is 0 Å². The third kappa shape index (κ3) is 4.10. The second-order valence-corrected chi connectivity index (χ2v) is 5.56. The molecule has 1 saturated heterocycles. The quantitative estimate of drug-likeness (QED) is 0.837. The van der Waals surface area contributed by atoms with Gasteiger partial charge in [0, 0.05) is 23.7 Å². The fourth-order valence-electron chi connectivity index (χ4n) is 2.30. The molecule has 2 rings (SSSR count). The van der Waals surface area contributed by atoms with Crippen molar-refractivity contribution in [1.29, 1.82) is 0 Å². The summed E-state index contributed by atoms with van der Waals surface area (Å²) >= 11 is 3.29. The molecule has 1 aromatic rings. The molecular formula is C13H16BrClF3NO. The van der Waals surface area contributed by atoms with Gasteiger partial charge in [-0.2, -0.15) is 13.2 Å². The van der Waals surface area contributed by atoms with Gasteiger partial charge in [0.2, 0.25) is 0 Å². The minimum atomic E-state index is -4.34. The van der Waals surface area contributed by atoms with E-state index in [-0.39, 0.29) is 18.3 Å². The van der Waals surface area contributed by atoms with Crippen LogP contribution < -0.4 is 5.73 Å². The van der Waals surface area contributed by atoms with E-state index in [1.807, 2.05) is 0 Å². The van der Waals surface area contributed by atoms with Crippen molar-refractivity contribution in [3.05, 3.63) is 33.8 Å². The van der Waals surface area contributed by atoms with Gasteiger partial charge in [-0.3, -0.25) is 0 Å². The lowest BCUT2D eigenvalue weighted by Gasteiger charge is -2.28. The molecule has 1 atom stereocenters. The molecule has 0 aliphatic carbocycles. The van der Waals surface area contributed by atoms with Crippen LogP contribution in [0.2, 0.25) is 0 Å². The first-order chi connectivity index (χ1) is 8.89. The molecule has 0 aromatic heterocycles. The standard InChI is InChI=1S/C13H15BrF3NO.ClH/c14-11-2-1-9(13(15,16)17)7-10(11)12(18)8-3-5-19-6-4-8;/h1-2,7-8,12H,3-6,18H2;1H/t12-;/m0./s1. The highest BCUT2D eigenvalue weighted by atomic mass is 79.9. The van der Waals surface area contributed by atoms with E-state index in [1.54, 1.807) is 0 Å². The summed E-state index contributed by atoms with van der Waals surface area (Å²) in [5.74, 6) is 0.161. The molecule has 7 heteroatoms. The van der Waals surface area contributed by atoms with Gasteiger partial charge in [0.05, 0.1) is 5.56 Å². The van der Waals surface area contributed by atoms with Crippen LogP contribution in [0.5, 0.6) is 0 Å². The first-order valence-corrected chi connectivity index (χ1v) is 6.89. The Morgan fingerprint density at radius 2 is 1.85 bits per heavy atom. The highest BCUT2D eigenvalue weighted by Crippen LogP contribution is 2.37. The van der Waals surface area contributed by atoms with Crippen molar-refractivity contribution < 1.29 is 17.9 Å². The first-order valence-electron chi connectivity index (χ1n) is 6.09. The zero-order valence-electron chi connectivity index (χ0n) is 10.6. The molecule has 1 aromatic carbocycles. The molecule has 0 spiro atoms. The van der Waals surface area contributed by atoms with Crippen molar-refractivity contribution in [3.63, 3.8) is 0 Å². The van der Waals surface area contributed by atoms with Gasteiger partial charge in [-0.1, -0.05) is 15.9 Å². The van der Waals surface area contributed by atoms with Gasteiger partial charge in [-0.05, 0) is 42.5 Å². The van der Waals surface area contributed by atoms with Gasteiger partial charge in [-0.15, -0.1) is 12.4 Å². The fourth-order valence-corrected chi connectivity index (χ4v) is 2.82. The molecule has 2 nitrogen and oxygen atoms in total. The van der Waals surface area contributed by atoms with Crippen LogP contribution in [0, 0.1) is 5.92 Å². The van der Waals surface area contributed by atoms with E-state index in [4.69, 9.17) is 10.5 Å². The van der Waals surface area contributed by atoms with Gasteiger partial charge in [0.25, 0.3) is 0 Å². The number of nitrogens with two attached hydrogens (primary N) is 1. The molecule has 0 radical (unpaired) electrons. The summed E-state index contributed by atoms with van der Waals surface area (Å²) in [7, 11) is 0. The zero-order chi connectivity index (χ0) is 14.0. The molecule has 0 amide bonds. The van der Waals surface area contributed by atoms with Crippen LogP contribution in [-0.2, 0) is 10.9 Å². The smallest absolute Gasteiger partial charge is 0.381 e. The zero-order valence-corrected chi connectivity index (χ0v) is 13.0. The monoisotopic (exact) mass is 373 g/mol. The van der Waals surface area contributed by atoms with Crippen molar-refractivity contribution >= 4 is 28.3 Å². The van der Waals surface area contributed by atoms with Crippen molar-refractivity contribution in [3.8, 4) is 0 Å². The molecule has 0 saturated carbocycles. The van der Waals surface area contributed by atoms with E-state index < -0.39 is 17.8 Å². The lowest BCUT2D eigenvalue weighted by atomic mass is 9.87. The number of alkyl halides is 3. The van der Waals surface area contributed by atoms with Crippen LogP contribution in [0.3, 0.4) is 0 Å². The Labute approximate surface area is 130 Å². The van der Waals surface area contributed by atoms with Gasteiger partial charge in [0.15, 0.2) is 0 Å². The molecule has 0 bridgehead atoms. The summed E-state index contributed by atoms with van der Waals surface area (Å²) in [6.07, 6.45) is -2.78. The average Bonchev–Trinajstić information content (AvgIpc) is 2.38. The van der Waals surface area contributed by atoms with E-state index in [0.29, 0.717) is 23.2 Å². The predicted octanol–water partition coefficient (Wildman–Crippen LogP) is 4.32. The topological polar surface area (TPSA) is 35.2 Å². The van der Waals surface area contributed by atoms with Crippen LogP contribution in [0.15, 0.2) is 22.7 Å². The maximum absolute atomic E-state index is 12.7. The third-order valence-electron chi connectivity index (χ3n) is 3.46. The summed E-state index contributed by atoms with van der Waals surface area (Å²) in [6.45, 7) is 1.24. The number of hydrogen-bond donors (Lipinski definition) is 1. The molecule has 0 unspecified atom stereocenters. The summed E-state index contributed by atoms with van der Waals surface area (Å²) in [5, 5.41) is 0. The Morgan fingerprint density at radius 1 is 1.25 bits per heavy atom. The Bertz CT molecular complexity index is 450. The van der Waals surface area contributed by atoms with Crippen molar-refractivity contribution in [2.24, 2.45) is 11.7 Å². The van der Waals surface area contributed by atoms with E-state index in [0.717, 1.165) is 25.0 Å². The maximum atomic E-state index is 12.7. The van der Waals surface area contributed by atoms with E-state index in [2.05, 4.69) is 15.9 Å². The van der Waals surface area contributed by atoms with Gasteiger partial charge in [0.1, 0.15) is 0 Å². The molecule has 114 valence electrons. The third-order valence-corrected chi connectivity index (χ3v) is 4.18. The normalized spacial score (nSPS) is 18.4. The van der Waals surface area contributed by atoms with E-state index in [1.165, 1.54) is 6.07 Å². The Kier molecular flexibility index (Phi) is 6.31. The van der Waals surface area contributed by atoms with Gasteiger partial charge in [-0.25, -0.2) is 0 Å². The van der Waals surface area contributed by atoms with E-state index >= 15 is 0 Å². The number of rotatable bonds is 2. The first kappa shape index (κ1) is 17.8. The summed E-state index contributed by atoms with van der Waals surface area (Å²) in [5.41, 5.74) is 5.99. The lowest BCUT2D eigenvalue weighted by Crippen LogP contribution is -2.28. The highest BCUT2D eigenvalue weighted by Gasteiger charge is 2.32. The predicted molar refractivity (Wildman–Crippen MR) is 76.9 cm³/mol. The minimum Gasteiger partial charge on any atom is -0.381 e. The lowest BCUT2D eigenvalue weighted by molar-refractivity contribution is -0.137. The molecule has 1 aliphatic rings. The molecule has 20 heavy (non-hydrogen) atoms. The van der Waals surface area contributed by atoms with Gasteiger partial charge >= 0.3 is 6.18 Å². The Balaban J connectivity index is 0.00000200. The number of halogens is 5. The molecule has 2 N–H and O–H groups in total. The van der Waals surface area contributed by atoms with Crippen LogP contribution in [0.1, 0.15) is 30.0 Å². The minimum absolute atomic E-state index is 0. The van der Waals surface area contributed by atoms with Crippen LogP contribution in [0.25, 0.3) is 0 Å². The average molecular weight is 375 g/mol. The van der Waals surface area contributed by atoms with Crippen LogP contribution in [0.4, 0.5) is 13.2 Å². The Hall–Kier alpha value is -0.300. The second kappa shape index (κ2) is 7.11. The Morgan fingerprint density at radius 3 is 2.40 bits per heavy atom. The van der Waals surface area contributed by atoms with Crippen molar-refractivity contribution in [2.75, 3.05) is 13.2 Å². The molecular weight excluding hydrogens is 359 g/mol. The second-order valence-electron chi connectivity index (χ2n) is 4.71. The highest BCUT2D eigenvalue weighted by molar-refractivity contribution is 9.10. The largest absolute Gasteiger partial charge is 0.416 e. The summed E-state index contributed by atoms with van der Waals surface area (Å²) in [4.78, 5) is 0. The maximum Gasteiger partial charge on any atom is 0.416 e. The molecule has 1 heterocycles. The number of ether oxygens (including phenoxy) is 1. The number of benzene rings is 1. The summed E-state index contributed by atoms with van der Waals surface area (Å²) in [6, 6.07) is 3.21. The fraction of sp³-hybridized carbons (Fsp3) is 0.538. The molecule has 1 aliphatic heterocycles. The van der Waals surface area contributed by atoms with Crippen LogP contribution in [-0.4, -0.2) is 13.2 Å². The van der Waals surface area contributed by atoms with Crippen LogP contribution >= 0.6 is 28.3 Å². The van der Waals surface area contributed by atoms with Gasteiger partial charge < -0.3 is 10.5 Å². The van der Waals surface area contributed by atoms with Crippen molar-refractivity contribution in [2.45, 2.75) is 25.1 Å². The van der Waals surface area contributed by atoms with E-state index in [9.17, 15) is 13.2 Å². The SMILES string of the molecule is Cl.N[C@H](c1cc(C(F)(F)F)ccc1Br)C1CCOCC1. The summed E-state index contributed by atoms with van der Waals surface area (Å²) < 4.78 is 44.1. The number of hydrogen-bond acceptors (Lipinski definition) is 2.